The van der Waals surface area contributed by atoms with Gasteiger partial charge in [0.2, 0.25) is 0 Å². The number of aryl methyl sites for hydroxylation is 1. The van der Waals surface area contributed by atoms with E-state index in [0.717, 1.165) is 6.07 Å². The first-order valence-electron chi connectivity index (χ1n) is 3.67. The van der Waals surface area contributed by atoms with Gasteiger partial charge in [0.1, 0.15) is 5.82 Å². The largest absolute Gasteiger partial charge is 0.419 e. The summed E-state index contributed by atoms with van der Waals surface area (Å²) < 4.78 is 49.4. The standard InChI is InChI=1S/C9H8F4/c1-5-3-4-7(9(11,12)13)8(10)6(5)2/h3-4H,1-2H3. The van der Waals surface area contributed by atoms with Crippen LogP contribution in [0.4, 0.5) is 17.6 Å². The summed E-state index contributed by atoms with van der Waals surface area (Å²) in [6, 6.07) is 2.03. The number of benzene rings is 1. The van der Waals surface area contributed by atoms with Crippen LogP contribution in [0.25, 0.3) is 0 Å². The van der Waals surface area contributed by atoms with Crippen LogP contribution in [0.2, 0.25) is 0 Å². The van der Waals surface area contributed by atoms with Gasteiger partial charge in [-0.25, -0.2) is 4.39 Å². The summed E-state index contributed by atoms with van der Waals surface area (Å²) in [5.41, 5.74) is -0.629. The molecule has 0 heterocycles. The Kier molecular flexibility index (Phi) is 2.32. The molecule has 0 N–H and O–H groups in total. The monoisotopic (exact) mass is 192 g/mol. The SMILES string of the molecule is Cc1ccc(C(F)(F)F)c(F)c1C. The Bertz CT molecular complexity index is 325. The number of rotatable bonds is 0. The van der Waals surface area contributed by atoms with Crippen molar-refractivity contribution in [1.29, 1.82) is 0 Å². The summed E-state index contributed by atoms with van der Waals surface area (Å²) in [7, 11) is 0. The Morgan fingerprint density at radius 2 is 1.62 bits per heavy atom. The summed E-state index contributed by atoms with van der Waals surface area (Å²) in [6.07, 6.45) is -4.61. The van der Waals surface area contributed by atoms with E-state index in [1.54, 1.807) is 6.92 Å². The molecule has 0 spiro atoms. The zero-order valence-electron chi connectivity index (χ0n) is 7.17. The third-order valence-corrected chi connectivity index (χ3v) is 1.96. The summed E-state index contributed by atoms with van der Waals surface area (Å²) in [5.74, 6) is -1.17. The molecule has 0 aliphatic rings. The molecule has 0 saturated heterocycles. The third-order valence-electron chi connectivity index (χ3n) is 1.96. The summed E-state index contributed by atoms with van der Waals surface area (Å²) in [4.78, 5) is 0. The van der Waals surface area contributed by atoms with E-state index in [1.165, 1.54) is 13.0 Å². The van der Waals surface area contributed by atoms with Gasteiger partial charge in [-0.1, -0.05) is 6.07 Å². The molecule has 13 heavy (non-hydrogen) atoms. The van der Waals surface area contributed by atoms with E-state index in [1.807, 2.05) is 0 Å². The van der Waals surface area contributed by atoms with Gasteiger partial charge >= 0.3 is 6.18 Å². The van der Waals surface area contributed by atoms with Crippen LogP contribution >= 0.6 is 0 Å². The normalized spacial score (nSPS) is 11.8. The van der Waals surface area contributed by atoms with Gasteiger partial charge in [0.25, 0.3) is 0 Å². The van der Waals surface area contributed by atoms with Crippen molar-refractivity contribution in [2.45, 2.75) is 20.0 Å². The first-order chi connectivity index (χ1) is 5.84. The molecule has 0 saturated carbocycles. The fourth-order valence-electron chi connectivity index (χ4n) is 1.00. The number of halogens is 4. The molecule has 1 aromatic rings. The van der Waals surface area contributed by atoms with Crippen LogP contribution in [0.5, 0.6) is 0 Å². The van der Waals surface area contributed by atoms with Crippen LogP contribution in [0.3, 0.4) is 0 Å². The molecular formula is C9H8F4. The molecule has 0 bridgehead atoms. The average molecular weight is 192 g/mol. The van der Waals surface area contributed by atoms with Gasteiger partial charge in [-0.2, -0.15) is 13.2 Å². The molecule has 1 aromatic carbocycles. The lowest BCUT2D eigenvalue weighted by molar-refractivity contribution is -0.140. The van der Waals surface area contributed by atoms with E-state index in [9.17, 15) is 17.6 Å². The van der Waals surface area contributed by atoms with Crippen LogP contribution in [0, 0.1) is 19.7 Å². The second-order valence-electron chi connectivity index (χ2n) is 2.87. The van der Waals surface area contributed by atoms with Crippen LogP contribution in [-0.4, -0.2) is 0 Å². The number of hydrogen-bond donors (Lipinski definition) is 0. The van der Waals surface area contributed by atoms with Gasteiger partial charge in [-0.05, 0) is 31.0 Å². The van der Waals surface area contributed by atoms with E-state index < -0.39 is 17.6 Å². The van der Waals surface area contributed by atoms with Gasteiger partial charge in [-0.15, -0.1) is 0 Å². The topological polar surface area (TPSA) is 0 Å². The van der Waals surface area contributed by atoms with Gasteiger partial charge in [0.05, 0.1) is 5.56 Å². The predicted molar refractivity (Wildman–Crippen MR) is 40.9 cm³/mol. The van der Waals surface area contributed by atoms with Gasteiger partial charge in [0.15, 0.2) is 0 Å². The first kappa shape index (κ1) is 10.0. The molecule has 0 aliphatic carbocycles. The minimum atomic E-state index is -4.61. The highest BCUT2D eigenvalue weighted by atomic mass is 19.4. The summed E-state index contributed by atoms with van der Waals surface area (Å²) >= 11 is 0. The van der Waals surface area contributed by atoms with E-state index in [2.05, 4.69) is 0 Å². The highest BCUT2D eigenvalue weighted by Crippen LogP contribution is 2.32. The molecule has 0 nitrogen and oxygen atoms in total. The second-order valence-corrected chi connectivity index (χ2v) is 2.87. The van der Waals surface area contributed by atoms with Crippen LogP contribution in [0.15, 0.2) is 12.1 Å². The Hall–Kier alpha value is -1.06. The van der Waals surface area contributed by atoms with Crippen LogP contribution in [0.1, 0.15) is 16.7 Å². The van der Waals surface area contributed by atoms with Crippen molar-refractivity contribution in [2.24, 2.45) is 0 Å². The quantitative estimate of drug-likeness (QED) is 0.552. The zero-order valence-corrected chi connectivity index (χ0v) is 7.17. The molecule has 0 fully saturated rings. The number of alkyl halides is 3. The molecule has 0 atom stereocenters. The van der Waals surface area contributed by atoms with E-state index in [-0.39, 0.29) is 5.56 Å². The Morgan fingerprint density at radius 3 is 2.08 bits per heavy atom. The second kappa shape index (κ2) is 3.01. The van der Waals surface area contributed by atoms with Gasteiger partial charge < -0.3 is 0 Å². The lowest BCUT2D eigenvalue weighted by Crippen LogP contribution is -2.09. The van der Waals surface area contributed by atoms with Crippen LogP contribution in [-0.2, 0) is 6.18 Å². The smallest absolute Gasteiger partial charge is 0.206 e. The average Bonchev–Trinajstić information content (AvgIpc) is 1.98. The molecule has 0 unspecified atom stereocenters. The molecule has 0 aliphatic heterocycles. The van der Waals surface area contributed by atoms with Crippen molar-refractivity contribution in [3.05, 3.63) is 34.6 Å². The lowest BCUT2D eigenvalue weighted by Gasteiger charge is -2.10. The fraction of sp³-hybridized carbons (Fsp3) is 0.333. The first-order valence-corrected chi connectivity index (χ1v) is 3.67. The van der Waals surface area contributed by atoms with E-state index in [4.69, 9.17) is 0 Å². The van der Waals surface area contributed by atoms with Crippen LogP contribution < -0.4 is 0 Å². The minimum absolute atomic E-state index is 0.0508. The summed E-state index contributed by atoms with van der Waals surface area (Å²) in [5, 5.41) is 0. The predicted octanol–water partition coefficient (Wildman–Crippen LogP) is 3.46. The fourth-order valence-corrected chi connectivity index (χ4v) is 1.00. The van der Waals surface area contributed by atoms with Crippen molar-refractivity contribution in [2.75, 3.05) is 0 Å². The molecule has 72 valence electrons. The highest BCUT2D eigenvalue weighted by molar-refractivity contribution is 5.33. The molecule has 1 rings (SSSR count). The molecule has 4 heteroatoms. The maximum Gasteiger partial charge on any atom is 0.419 e. The van der Waals surface area contributed by atoms with Crippen molar-refractivity contribution in [1.82, 2.24) is 0 Å². The molecule has 0 aromatic heterocycles. The zero-order chi connectivity index (χ0) is 10.2. The van der Waals surface area contributed by atoms with Crippen molar-refractivity contribution >= 4 is 0 Å². The highest BCUT2D eigenvalue weighted by Gasteiger charge is 2.34. The Morgan fingerprint density at radius 1 is 1.08 bits per heavy atom. The Balaban J connectivity index is 3.35. The third kappa shape index (κ3) is 1.82. The maximum absolute atomic E-state index is 13.0. The molecular weight excluding hydrogens is 184 g/mol. The molecule has 0 amide bonds. The van der Waals surface area contributed by atoms with E-state index >= 15 is 0 Å². The Labute approximate surface area is 73.2 Å². The minimum Gasteiger partial charge on any atom is -0.206 e. The van der Waals surface area contributed by atoms with Gasteiger partial charge in [0, 0.05) is 0 Å². The maximum atomic E-state index is 13.0. The molecule has 0 radical (unpaired) electrons. The summed E-state index contributed by atoms with van der Waals surface area (Å²) in [6.45, 7) is 2.90. The number of hydrogen-bond acceptors (Lipinski definition) is 0. The van der Waals surface area contributed by atoms with E-state index in [0.29, 0.717) is 5.56 Å². The van der Waals surface area contributed by atoms with Crippen molar-refractivity contribution in [3.63, 3.8) is 0 Å². The van der Waals surface area contributed by atoms with Crippen molar-refractivity contribution < 1.29 is 17.6 Å². The van der Waals surface area contributed by atoms with Gasteiger partial charge in [-0.3, -0.25) is 0 Å². The van der Waals surface area contributed by atoms with Crippen molar-refractivity contribution in [3.8, 4) is 0 Å². The lowest BCUT2D eigenvalue weighted by atomic mass is 10.1.